The van der Waals surface area contributed by atoms with E-state index in [2.05, 4.69) is 36.2 Å². The van der Waals surface area contributed by atoms with E-state index < -0.39 is 29.6 Å². The molecule has 0 fully saturated rings. The first-order valence-electron chi connectivity index (χ1n) is 12.3. The molecule has 40 heavy (non-hydrogen) atoms. The quantitative estimate of drug-likeness (QED) is 0.224. The summed E-state index contributed by atoms with van der Waals surface area (Å²) < 4.78 is 41.5. The highest BCUT2D eigenvalue weighted by molar-refractivity contribution is 5.92. The molecule has 0 aliphatic rings. The molecule has 3 N–H and O–H groups in total. The molecule has 15 heteroatoms. The van der Waals surface area contributed by atoms with Crippen LogP contribution in [0.25, 0.3) is 0 Å². The molecule has 4 aromatic rings. The van der Waals surface area contributed by atoms with Crippen LogP contribution in [-0.4, -0.2) is 58.5 Å². The molecule has 0 spiro atoms. The van der Waals surface area contributed by atoms with Gasteiger partial charge in [-0.2, -0.15) is 13.2 Å². The number of carbonyl (C=O) groups is 2. The minimum Gasteiger partial charge on any atom is -0.394 e. The number of hydrogen-bond donors (Lipinski definition) is 3. The van der Waals surface area contributed by atoms with Crippen LogP contribution in [0.3, 0.4) is 0 Å². The van der Waals surface area contributed by atoms with E-state index in [0.717, 1.165) is 23.9 Å². The number of carbonyl (C=O) groups excluding carboxylic acids is 2. The fourth-order valence-corrected chi connectivity index (χ4v) is 3.74. The number of pyridine rings is 1. The number of aliphatic hydroxyl groups excluding tert-OH is 1. The predicted molar refractivity (Wildman–Crippen MR) is 133 cm³/mol. The summed E-state index contributed by atoms with van der Waals surface area (Å²) in [7, 11) is 0. The first kappa shape index (κ1) is 28.4. The molecule has 1 aromatic carbocycles. The number of nitrogens with zero attached hydrogens (tertiary/aromatic N) is 7. The van der Waals surface area contributed by atoms with Crippen molar-refractivity contribution in [1.82, 2.24) is 45.6 Å². The lowest BCUT2D eigenvalue weighted by Crippen LogP contribution is -2.31. The maximum absolute atomic E-state index is 12.8. The number of rotatable bonds is 12. The molecule has 210 valence electrons. The summed E-state index contributed by atoms with van der Waals surface area (Å²) in [6, 6.07) is 10.3. The van der Waals surface area contributed by atoms with Crippen molar-refractivity contribution in [3.63, 3.8) is 0 Å². The van der Waals surface area contributed by atoms with Gasteiger partial charge in [-0.1, -0.05) is 40.8 Å². The van der Waals surface area contributed by atoms with Gasteiger partial charge in [0, 0.05) is 19.3 Å². The highest BCUT2D eigenvalue weighted by Gasteiger charge is 2.30. The van der Waals surface area contributed by atoms with Gasteiger partial charge in [-0.15, -0.1) is 10.2 Å². The van der Waals surface area contributed by atoms with Crippen molar-refractivity contribution in [3.8, 4) is 0 Å². The molecule has 0 aliphatic heterocycles. The van der Waals surface area contributed by atoms with E-state index in [0.29, 0.717) is 25.9 Å². The normalized spacial score (nSPS) is 12.2. The standard InChI is InChI=1S/C25H26F3N9O3/c26-25(27,28)18-8-9-29-19(12-18)13-30-23(39)20-14-36(34-32-20)10-4-5-11-37-15-21(33-35-37)24(40)31-22(16-38)17-6-2-1-3-7-17/h1-3,6-9,12,14-15,22,38H,4-5,10-11,13,16H2,(H,30,39)(H,31,40)/t22-/m1/s1. The lowest BCUT2D eigenvalue weighted by Gasteiger charge is -2.15. The summed E-state index contributed by atoms with van der Waals surface area (Å²) in [5.41, 5.74) is 0.139. The molecule has 2 amide bonds. The average molecular weight is 558 g/mol. The molecule has 12 nitrogen and oxygen atoms in total. The first-order chi connectivity index (χ1) is 19.2. The van der Waals surface area contributed by atoms with Gasteiger partial charge in [-0.25, -0.2) is 0 Å². The number of unbranched alkanes of at least 4 members (excludes halogenated alkanes) is 1. The highest BCUT2D eigenvalue weighted by Crippen LogP contribution is 2.29. The topological polar surface area (TPSA) is 153 Å². The summed E-state index contributed by atoms with van der Waals surface area (Å²) in [4.78, 5) is 28.7. The lowest BCUT2D eigenvalue weighted by molar-refractivity contribution is -0.137. The number of nitrogens with one attached hydrogen (secondary N) is 2. The van der Waals surface area contributed by atoms with Gasteiger partial charge in [0.05, 0.1) is 42.8 Å². The van der Waals surface area contributed by atoms with Crippen LogP contribution >= 0.6 is 0 Å². The molecule has 0 saturated heterocycles. The Bertz CT molecular complexity index is 1420. The van der Waals surface area contributed by atoms with Crippen molar-refractivity contribution in [2.24, 2.45) is 0 Å². The Morgan fingerprint density at radius 3 is 2.15 bits per heavy atom. The van der Waals surface area contributed by atoms with Crippen LogP contribution in [0.1, 0.15) is 56.7 Å². The predicted octanol–water partition coefficient (Wildman–Crippen LogP) is 2.16. The maximum atomic E-state index is 12.8. The molecule has 0 saturated carbocycles. The third-order valence-corrected chi connectivity index (χ3v) is 5.83. The van der Waals surface area contributed by atoms with Gasteiger partial charge in [0.15, 0.2) is 11.4 Å². The van der Waals surface area contributed by atoms with Crippen LogP contribution in [0.15, 0.2) is 61.1 Å². The van der Waals surface area contributed by atoms with Gasteiger partial charge in [0.1, 0.15) is 0 Å². The number of aromatic nitrogens is 7. The van der Waals surface area contributed by atoms with Crippen LogP contribution < -0.4 is 10.6 Å². The number of amides is 2. The van der Waals surface area contributed by atoms with E-state index in [1.807, 2.05) is 18.2 Å². The molecule has 1 atom stereocenters. The van der Waals surface area contributed by atoms with Crippen molar-refractivity contribution in [2.75, 3.05) is 6.61 Å². The molecule has 0 aliphatic carbocycles. The summed E-state index contributed by atoms with van der Waals surface area (Å²) in [5.74, 6) is -1.04. The second kappa shape index (κ2) is 12.9. The zero-order chi connectivity index (χ0) is 28.5. The maximum Gasteiger partial charge on any atom is 0.416 e. The Morgan fingerprint density at radius 2 is 1.55 bits per heavy atom. The first-order valence-corrected chi connectivity index (χ1v) is 12.3. The van der Waals surface area contributed by atoms with E-state index in [4.69, 9.17) is 0 Å². The van der Waals surface area contributed by atoms with Crippen molar-refractivity contribution in [3.05, 3.63) is 89.3 Å². The van der Waals surface area contributed by atoms with Gasteiger partial charge in [0.25, 0.3) is 11.8 Å². The van der Waals surface area contributed by atoms with Gasteiger partial charge in [0.2, 0.25) is 0 Å². The van der Waals surface area contributed by atoms with E-state index >= 15 is 0 Å². The summed E-state index contributed by atoms with van der Waals surface area (Å²) in [5, 5.41) is 30.4. The number of alkyl halides is 3. The van der Waals surface area contributed by atoms with Crippen molar-refractivity contribution >= 4 is 11.8 Å². The zero-order valence-corrected chi connectivity index (χ0v) is 21.1. The van der Waals surface area contributed by atoms with Crippen molar-refractivity contribution < 1.29 is 27.9 Å². The monoisotopic (exact) mass is 557 g/mol. The Morgan fingerprint density at radius 1 is 0.925 bits per heavy atom. The van der Waals surface area contributed by atoms with Crippen LogP contribution in [0.4, 0.5) is 13.2 Å². The van der Waals surface area contributed by atoms with Crippen molar-refractivity contribution in [2.45, 2.75) is 44.7 Å². The second-order valence-corrected chi connectivity index (χ2v) is 8.78. The number of aryl methyl sites for hydroxylation is 2. The number of benzene rings is 1. The summed E-state index contributed by atoms with van der Waals surface area (Å²) in [6.07, 6.45) is 0.815. The zero-order valence-electron chi connectivity index (χ0n) is 21.1. The van der Waals surface area contributed by atoms with E-state index in [9.17, 15) is 27.9 Å². The van der Waals surface area contributed by atoms with Crippen LogP contribution in [0.2, 0.25) is 0 Å². The third kappa shape index (κ3) is 7.69. The van der Waals surface area contributed by atoms with Crippen LogP contribution in [0.5, 0.6) is 0 Å². The Labute approximate surface area is 226 Å². The van der Waals surface area contributed by atoms with Crippen molar-refractivity contribution in [1.29, 1.82) is 0 Å². The summed E-state index contributed by atoms with van der Waals surface area (Å²) >= 11 is 0. The SMILES string of the molecule is O=C(NCc1cc(C(F)(F)F)ccn1)c1cn(CCCCn2cc(C(=O)N[C@H](CO)c3ccccc3)nn2)nn1. The van der Waals surface area contributed by atoms with Crippen LogP contribution in [0, 0.1) is 0 Å². The molecule has 4 rings (SSSR count). The minimum absolute atomic E-state index is 0.0237. The molecular weight excluding hydrogens is 531 g/mol. The van der Waals surface area contributed by atoms with E-state index in [1.165, 1.54) is 21.8 Å². The highest BCUT2D eigenvalue weighted by atomic mass is 19.4. The van der Waals surface area contributed by atoms with Gasteiger partial charge in [-0.3, -0.25) is 23.9 Å². The minimum atomic E-state index is -4.50. The molecule has 0 bridgehead atoms. The number of aliphatic hydroxyl groups is 1. The van der Waals surface area contributed by atoms with Crippen LogP contribution in [-0.2, 0) is 25.8 Å². The number of halogens is 3. The molecular formula is C25H26F3N9O3. The molecule has 3 aromatic heterocycles. The third-order valence-electron chi connectivity index (χ3n) is 5.83. The van der Waals surface area contributed by atoms with Gasteiger partial charge < -0.3 is 15.7 Å². The van der Waals surface area contributed by atoms with Gasteiger partial charge in [-0.05, 0) is 30.5 Å². The summed E-state index contributed by atoms with van der Waals surface area (Å²) in [6.45, 7) is 0.476. The fourth-order valence-electron chi connectivity index (χ4n) is 3.74. The molecule has 0 radical (unpaired) electrons. The van der Waals surface area contributed by atoms with E-state index in [-0.39, 0.29) is 30.2 Å². The Balaban J connectivity index is 1.19. The lowest BCUT2D eigenvalue weighted by atomic mass is 10.1. The second-order valence-electron chi connectivity index (χ2n) is 8.78. The largest absolute Gasteiger partial charge is 0.416 e. The smallest absolute Gasteiger partial charge is 0.394 e. The number of hydrogen-bond acceptors (Lipinski definition) is 8. The Kier molecular flexibility index (Phi) is 9.16. The Hall–Kier alpha value is -4.66. The fraction of sp³-hybridized carbons (Fsp3) is 0.320. The molecule has 0 unspecified atom stereocenters. The average Bonchev–Trinajstić information content (AvgIpc) is 3.63. The van der Waals surface area contributed by atoms with E-state index in [1.54, 1.807) is 12.1 Å². The van der Waals surface area contributed by atoms with Gasteiger partial charge >= 0.3 is 6.18 Å². The molecule has 3 heterocycles.